The van der Waals surface area contributed by atoms with Crippen molar-refractivity contribution in [3.8, 4) is 11.5 Å². The second-order valence-corrected chi connectivity index (χ2v) is 8.68. The SMILES string of the molecule is O=C(CSc1nnc(-c2c[nH]c3ccccc23)o1)N1CCC[C@@H]2CCCC[C@@H]21. The zero-order valence-electron chi connectivity index (χ0n) is 15.8. The molecule has 1 aromatic carbocycles. The van der Waals surface area contributed by atoms with E-state index in [1.165, 1.54) is 37.4 Å². The standard InChI is InChI=1S/C21H24N4O2S/c26-19(25-11-5-7-14-6-1-4-10-18(14)25)13-28-21-24-23-20(27-21)16-12-22-17-9-3-2-8-15(16)17/h2-3,8-9,12,14,18,22H,1,4-7,10-11,13H2/t14-,18-/m0/s1. The molecule has 3 aromatic rings. The van der Waals surface area contributed by atoms with E-state index in [0.717, 1.165) is 35.9 Å². The average Bonchev–Trinajstić information content (AvgIpc) is 3.38. The molecule has 2 aliphatic rings. The van der Waals surface area contributed by atoms with Crippen LogP contribution in [0.4, 0.5) is 0 Å². The molecule has 1 saturated carbocycles. The van der Waals surface area contributed by atoms with Gasteiger partial charge >= 0.3 is 0 Å². The Hall–Kier alpha value is -2.28. The van der Waals surface area contributed by atoms with E-state index in [0.29, 0.717) is 28.8 Å². The predicted octanol–water partition coefficient (Wildman–Crippen LogP) is 4.49. The van der Waals surface area contributed by atoms with E-state index < -0.39 is 0 Å². The quantitative estimate of drug-likeness (QED) is 0.658. The summed E-state index contributed by atoms with van der Waals surface area (Å²) in [7, 11) is 0. The predicted molar refractivity (Wildman–Crippen MR) is 109 cm³/mol. The van der Waals surface area contributed by atoms with Crippen molar-refractivity contribution < 1.29 is 9.21 Å². The topological polar surface area (TPSA) is 75.0 Å². The molecule has 3 heterocycles. The number of piperidine rings is 1. The van der Waals surface area contributed by atoms with Gasteiger partial charge in [-0.15, -0.1) is 10.2 Å². The maximum atomic E-state index is 12.8. The second kappa shape index (κ2) is 7.62. The molecule has 2 aromatic heterocycles. The number of amides is 1. The average molecular weight is 397 g/mol. The number of aromatic amines is 1. The number of rotatable bonds is 4. The lowest BCUT2D eigenvalue weighted by Crippen LogP contribution is -2.50. The van der Waals surface area contributed by atoms with Gasteiger partial charge < -0.3 is 14.3 Å². The molecule has 7 heteroatoms. The van der Waals surface area contributed by atoms with E-state index in [-0.39, 0.29) is 5.91 Å². The summed E-state index contributed by atoms with van der Waals surface area (Å²) in [6.07, 6.45) is 9.29. The van der Waals surface area contributed by atoms with Gasteiger partial charge in [0.2, 0.25) is 5.91 Å². The smallest absolute Gasteiger partial charge is 0.277 e. The second-order valence-electron chi connectivity index (χ2n) is 7.75. The third kappa shape index (κ3) is 3.32. The molecule has 0 bridgehead atoms. The molecule has 2 atom stereocenters. The minimum atomic E-state index is 0.202. The number of H-pyrrole nitrogens is 1. The Morgan fingerprint density at radius 1 is 1.18 bits per heavy atom. The summed E-state index contributed by atoms with van der Waals surface area (Å²) in [5.41, 5.74) is 1.93. The molecular weight excluding hydrogens is 372 g/mol. The normalized spacial score (nSPS) is 22.4. The zero-order chi connectivity index (χ0) is 18.9. The van der Waals surface area contributed by atoms with E-state index in [1.807, 2.05) is 30.5 Å². The minimum absolute atomic E-state index is 0.202. The fourth-order valence-corrected chi connectivity index (χ4v) is 5.42. The highest BCUT2D eigenvalue weighted by Crippen LogP contribution is 2.36. The summed E-state index contributed by atoms with van der Waals surface area (Å²) < 4.78 is 5.83. The molecular formula is C21H24N4O2S. The van der Waals surface area contributed by atoms with E-state index in [2.05, 4.69) is 20.1 Å². The van der Waals surface area contributed by atoms with E-state index >= 15 is 0 Å². The molecule has 0 spiro atoms. The van der Waals surface area contributed by atoms with Crippen molar-refractivity contribution in [3.63, 3.8) is 0 Å². The lowest BCUT2D eigenvalue weighted by atomic mass is 9.78. The van der Waals surface area contributed by atoms with Crippen molar-refractivity contribution in [3.05, 3.63) is 30.5 Å². The number of fused-ring (bicyclic) bond motifs is 2. The fraction of sp³-hybridized carbons (Fsp3) is 0.476. The van der Waals surface area contributed by atoms with Crippen LogP contribution in [-0.2, 0) is 4.79 Å². The number of para-hydroxylation sites is 1. The Morgan fingerprint density at radius 3 is 3.00 bits per heavy atom. The van der Waals surface area contributed by atoms with Gasteiger partial charge in [0.05, 0.1) is 11.3 Å². The number of aromatic nitrogens is 3. The summed E-state index contributed by atoms with van der Waals surface area (Å²) >= 11 is 1.34. The van der Waals surface area contributed by atoms with Crippen LogP contribution in [0.25, 0.3) is 22.4 Å². The number of carbonyl (C=O) groups excluding carboxylic acids is 1. The fourth-order valence-electron chi connectivity index (χ4n) is 4.77. The number of likely N-dealkylation sites (tertiary alicyclic amines) is 1. The van der Waals surface area contributed by atoms with E-state index in [9.17, 15) is 4.79 Å². The first-order chi connectivity index (χ1) is 13.8. The molecule has 1 amide bonds. The van der Waals surface area contributed by atoms with E-state index in [1.54, 1.807) is 0 Å². The van der Waals surface area contributed by atoms with Crippen LogP contribution in [0.15, 0.2) is 40.1 Å². The van der Waals surface area contributed by atoms with Gasteiger partial charge in [0.1, 0.15) is 0 Å². The lowest BCUT2D eigenvalue weighted by Gasteiger charge is -2.44. The summed E-state index contributed by atoms with van der Waals surface area (Å²) in [5, 5.41) is 9.82. The number of carbonyl (C=O) groups is 1. The maximum Gasteiger partial charge on any atom is 0.277 e. The van der Waals surface area contributed by atoms with Gasteiger partial charge in [-0.2, -0.15) is 0 Å². The highest BCUT2D eigenvalue weighted by Gasteiger charge is 2.35. The highest BCUT2D eigenvalue weighted by atomic mass is 32.2. The van der Waals surface area contributed by atoms with Crippen LogP contribution in [0.3, 0.4) is 0 Å². The van der Waals surface area contributed by atoms with Crippen LogP contribution in [0.5, 0.6) is 0 Å². The van der Waals surface area contributed by atoms with Gasteiger partial charge in [-0.05, 0) is 37.7 Å². The summed E-state index contributed by atoms with van der Waals surface area (Å²) in [4.78, 5) is 18.2. The first kappa shape index (κ1) is 17.8. The van der Waals surface area contributed by atoms with Crippen molar-refractivity contribution >= 4 is 28.6 Å². The highest BCUT2D eigenvalue weighted by molar-refractivity contribution is 7.99. The molecule has 5 rings (SSSR count). The number of hydrogen-bond donors (Lipinski definition) is 1. The van der Waals surface area contributed by atoms with Crippen LogP contribution < -0.4 is 0 Å². The molecule has 1 N–H and O–H groups in total. The van der Waals surface area contributed by atoms with Crippen molar-refractivity contribution in [2.45, 2.75) is 49.8 Å². The molecule has 0 unspecified atom stereocenters. The Balaban J connectivity index is 1.25. The van der Waals surface area contributed by atoms with Crippen LogP contribution in [-0.4, -0.2) is 44.3 Å². The number of thioether (sulfide) groups is 1. The molecule has 0 radical (unpaired) electrons. The van der Waals surface area contributed by atoms with E-state index in [4.69, 9.17) is 4.42 Å². The van der Waals surface area contributed by atoms with Gasteiger partial charge in [0.25, 0.3) is 11.1 Å². The lowest BCUT2D eigenvalue weighted by molar-refractivity contribution is -0.134. The number of nitrogens with one attached hydrogen (secondary N) is 1. The summed E-state index contributed by atoms with van der Waals surface area (Å²) in [5.74, 6) is 1.75. The number of nitrogens with zero attached hydrogens (tertiary/aromatic N) is 3. The maximum absolute atomic E-state index is 12.8. The van der Waals surface area contributed by atoms with Crippen molar-refractivity contribution in [2.24, 2.45) is 5.92 Å². The Bertz CT molecular complexity index is 980. The third-order valence-electron chi connectivity index (χ3n) is 6.11. The van der Waals surface area contributed by atoms with Crippen molar-refractivity contribution in [2.75, 3.05) is 12.3 Å². The monoisotopic (exact) mass is 396 g/mol. The molecule has 1 saturated heterocycles. The molecule has 146 valence electrons. The first-order valence-electron chi connectivity index (χ1n) is 10.1. The molecule has 1 aliphatic heterocycles. The van der Waals surface area contributed by atoms with Crippen molar-refractivity contribution in [1.82, 2.24) is 20.1 Å². The molecule has 28 heavy (non-hydrogen) atoms. The van der Waals surface area contributed by atoms with Gasteiger partial charge in [0.15, 0.2) is 0 Å². The summed E-state index contributed by atoms with van der Waals surface area (Å²) in [6, 6.07) is 8.46. The molecule has 6 nitrogen and oxygen atoms in total. The Labute approximate surface area is 168 Å². The first-order valence-corrected chi connectivity index (χ1v) is 11.1. The Kier molecular flexibility index (Phi) is 4.84. The number of benzene rings is 1. The largest absolute Gasteiger partial charge is 0.411 e. The van der Waals surface area contributed by atoms with Crippen LogP contribution in [0.2, 0.25) is 0 Å². The third-order valence-corrected chi connectivity index (χ3v) is 6.91. The Morgan fingerprint density at radius 2 is 2.04 bits per heavy atom. The van der Waals surface area contributed by atoms with Gasteiger partial charge in [0, 0.05) is 29.7 Å². The molecule has 1 aliphatic carbocycles. The number of hydrogen-bond acceptors (Lipinski definition) is 5. The zero-order valence-corrected chi connectivity index (χ0v) is 16.6. The summed E-state index contributed by atoms with van der Waals surface area (Å²) in [6.45, 7) is 0.894. The van der Waals surface area contributed by atoms with Gasteiger partial charge in [-0.25, -0.2) is 0 Å². The van der Waals surface area contributed by atoms with Gasteiger partial charge in [-0.3, -0.25) is 4.79 Å². The molecule has 2 fully saturated rings. The van der Waals surface area contributed by atoms with Crippen molar-refractivity contribution in [1.29, 1.82) is 0 Å². The van der Waals surface area contributed by atoms with Gasteiger partial charge in [-0.1, -0.05) is 42.8 Å². The minimum Gasteiger partial charge on any atom is -0.411 e. The van der Waals surface area contributed by atoms with Crippen LogP contribution >= 0.6 is 11.8 Å². The van der Waals surface area contributed by atoms with Crippen LogP contribution in [0, 0.1) is 5.92 Å². The van der Waals surface area contributed by atoms with Crippen LogP contribution in [0.1, 0.15) is 38.5 Å².